The molecule has 0 unspecified atom stereocenters. The highest BCUT2D eigenvalue weighted by molar-refractivity contribution is 5.95. The second-order valence-corrected chi connectivity index (χ2v) is 6.18. The van der Waals surface area contributed by atoms with Gasteiger partial charge in [-0.15, -0.1) is 0 Å². The van der Waals surface area contributed by atoms with E-state index in [0.717, 1.165) is 29.4 Å². The molecule has 25 heavy (non-hydrogen) atoms. The number of carbonyl (C=O) groups is 2. The van der Waals surface area contributed by atoms with Gasteiger partial charge >= 0.3 is 0 Å². The number of rotatable bonds is 4. The fraction of sp³-hybridized carbons (Fsp3) is 0.316. The number of para-hydroxylation sites is 1. The predicted octanol–water partition coefficient (Wildman–Crippen LogP) is 1.27. The van der Waals surface area contributed by atoms with E-state index in [9.17, 15) is 9.59 Å². The molecule has 2 N–H and O–H groups in total. The summed E-state index contributed by atoms with van der Waals surface area (Å²) in [4.78, 5) is 31.7. The quantitative estimate of drug-likeness (QED) is 0.852. The third-order valence-electron chi connectivity index (χ3n) is 4.35. The van der Waals surface area contributed by atoms with Crippen LogP contribution in [0.5, 0.6) is 0 Å². The minimum absolute atomic E-state index is 0.0196. The molecule has 6 nitrogen and oxygen atoms in total. The van der Waals surface area contributed by atoms with Gasteiger partial charge in [-0.05, 0) is 18.6 Å². The van der Waals surface area contributed by atoms with Crippen LogP contribution >= 0.6 is 0 Å². The topological polar surface area (TPSA) is 79.5 Å². The maximum atomic E-state index is 12.5. The Morgan fingerprint density at radius 1 is 1.12 bits per heavy atom. The SMILES string of the molecule is NC(=O)CN1CCCN(C(=O)C=Cc2cccc3cccnc23)CC1. The molecule has 0 saturated carbocycles. The summed E-state index contributed by atoms with van der Waals surface area (Å²) in [5, 5.41) is 1.05. The first kappa shape index (κ1) is 17.1. The van der Waals surface area contributed by atoms with Gasteiger partial charge in [0.05, 0.1) is 12.1 Å². The highest BCUT2D eigenvalue weighted by Crippen LogP contribution is 2.17. The average molecular weight is 338 g/mol. The molecule has 3 rings (SSSR count). The van der Waals surface area contributed by atoms with E-state index in [1.165, 1.54) is 0 Å². The highest BCUT2D eigenvalue weighted by Gasteiger charge is 2.18. The number of hydrogen-bond acceptors (Lipinski definition) is 4. The van der Waals surface area contributed by atoms with Crippen LogP contribution in [0.15, 0.2) is 42.6 Å². The average Bonchev–Trinajstić information content (AvgIpc) is 2.84. The van der Waals surface area contributed by atoms with Gasteiger partial charge < -0.3 is 10.6 Å². The van der Waals surface area contributed by atoms with Crippen molar-refractivity contribution in [2.45, 2.75) is 6.42 Å². The molecule has 0 aliphatic carbocycles. The summed E-state index contributed by atoms with van der Waals surface area (Å²) in [7, 11) is 0. The van der Waals surface area contributed by atoms with Crippen molar-refractivity contribution in [3.8, 4) is 0 Å². The fourth-order valence-corrected chi connectivity index (χ4v) is 3.10. The molecular weight excluding hydrogens is 316 g/mol. The summed E-state index contributed by atoms with van der Waals surface area (Å²) < 4.78 is 0. The van der Waals surface area contributed by atoms with Crippen molar-refractivity contribution in [2.75, 3.05) is 32.7 Å². The lowest BCUT2D eigenvalue weighted by Crippen LogP contribution is -2.37. The Balaban J connectivity index is 1.67. The lowest BCUT2D eigenvalue weighted by molar-refractivity contribution is -0.125. The summed E-state index contributed by atoms with van der Waals surface area (Å²) in [6, 6.07) is 9.82. The fourth-order valence-electron chi connectivity index (χ4n) is 3.10. The molecule has 6 heteroatoms. The molecule has 0 bridgehead atoms. The Bertz CT molecular complexity index is 798. The Morgan fingerprint density at radius 3 is 2.80 bits per heavy atom. The summed E-state index contributed by atoms with van der Waals surface area (Å²) >= 11 is 0. The van der Waals surface area contributed by atoms with Gasteiger partial charge in [-0.2, -0.15) is 0 Å². The maximum absolute atomic E-state index is 12.5. The zero-order chi connectivity index (χ0) is 17.6. The van der Waals surface area contributed by atoms with Gasteiger partial charge in [-0.1, -0.05) is 24.3 Å². The summed E-state index contributed by atoms with van der Waals surface area (Å²) in [6.45, 7) is 2.98. The standard InChI is InChI=1S/C19H22N4O2/c20-17(24)14-22-10-3-11-23(13-12-22)18(25)8-7-16-5-1-4-15-6-2-9-21-19(15)16/h1-2,4-9H,3,10-14H2,(H2,20,24). The third kappa shape index (κ3) is 4.42. The van der Waals surface area contributed by atoms with Gasteiger partial charge in [-0.25, -0.2) is 0 Å². The van der Waals surface area contributed by atoms with Gasteiger partial charge in [0.1, 0.15) is 0 Å². The van der Waals surface area contributed by atoms with Crippen molar-refractivity contribution in [3.05, 3.63) is 48.2 Å². The van der Waals surface area contributed by atoms with Crippen LogP contribution in [0.3, 0.4) is 0 Å². The van der Waals surface area contributed by atoms with E-state index in [0.29, 0.717) is 19.6 Å². The van der Waals surface area contributed by atoms with Crippen LogP contribution in [0.25, 0.3) is 17.0 Å². The molecule has 1 aliphatic heterocycles. The second-order valence-electron chi connectivity index (χ2n) is 6.18. The Kier molecular flexibility index (Phi) is 5.40. The number of fused-ring (bicyclic) bond motifs is 1. The van der Waals surface area contributed by atoms with Gasteiger partial charge in [-0.3, -0.25) is 19.5 Å². The number of aromatic nitrogens is 1. The van der Waals surface area contributed by atoms with Crippen molar-refractivity contribution < 1.29 is 9.59 Å². The van der Waals surface area contributed by atoms with Crippen LogP contribution in [0, 0.1) is 0 Å². The van der Waals surface area contributed by atoms with Crippen molar-refractivity contribution in [3.63, 3.8) is 0 Å². The molecule has 1 aromatic carbocycles. The van der Waals surface area contributed by atoms with Gasteiger partial charge in [0.25, 0.3) is 0 Å². The monoisotopic (exact) mass is 338 g/mol. The first-order valence-electron chi connectivity index (χ1n) is 8.45. The van der Waals surface area contributed by atoms with Crippen molar-refractivity contribution in [1.29, 1.82) is 0 Å². The largest absolute Gasteiger partial charge is 0.369 e. The number of primary amides is 1. The first-order valence-corrected chi connectivity index (χ1v) is 8.45. The molecule has 2 heterocycles. The molecule has 1 aromatic heterocycles. The Labute approximate surface area is 146 Å². The van der Waals surface area contributed by atoms with Crippen LogP contribution < -0.4 is 5.73 Å². The second kappa shape index (κ2) is 7.90. The van der Waals surface area contributed by atoms with Crippen LogP contribution in [0.4, 0.5) is 0 Å². The van der Waals surface area contributed by atoms with Crippen LogP contribution in [-0.2, 0) is 9.59 Å². The van der Waals surface area contributed by atoms with E-state index in [2.05, 4.69) is 4.98 Å². The molecule has 0 radical (unpaired) electrons. The van der Waals surface area contributed by atoms with Crippen molar-refractivity contribution in [1.82, 2.24) is 14.8 Å². The number of hydrogen-bond donors (Lipinski definition) is 1. The van der Waals surface area contributed by atoms with E-state index in [4.69, 9.17) is 5.73 Å². The minimum Gasteiger partial charge on any atom is -0.369 e. The van der Waals surface area contributed by atoms with Crippen LogP contribution in [0.1, 0.15) is 12.0 Å². The lowest BCUT2D eigenvalue weighted by atomic mass is 10.1. The zero-order valence-electron chi connectivity index (χ0n) is 14.1. The zero-order valence-corrected chi connectivity index (χ0v) is 14.1. The van der Waals surface area contributed by atoms with E-state index < -0.39 is 0 Å². The Morgan fingerprint density at radius 2 is 1.96 bits per heavy atom. The molecule has 0 atom stereocenters. The number of amides is 2. The first-order chi connectivity index (χ1) is 12.1. The Hall–Kier alpha value is -2.73. The van der Waals surface area contributed by atoms with Gasteiger partial charge in [0, 0.05) is 49.4 Å². The molecule has 1 fully saturated rings. The molecule has 2 amide bonds. The molecule has 1 aliphatic rings. The van der Waals surface area contributed by atoms with E-state index in [-0.39, 0.29) is 18.4 Å². The van der Waals surface area contributed by atoms with Crippen LogP contribution in [0.2, 0.25) is 0 Å². The van der Waals surface area contributed by atoms with Crippen LogP contribution in [-0.4, -0.2) is 59.3 Å². The predicted molar refractivity (Wildman–Crippen MR) is 97.6 cm³/mol. The van der Waals surface area contributed by atoms with Gasteiger partial charge in [0.2, 0.25) is 11.8 Å². The number of nitrogens with zero attached hydrogens (tertiary/aromatic N) is 3. The van der Waals surface area contributed by atoms with Crippen molar-refractivity contribution >= 4 is 28.8 Å². The highest BCUT2D eigenvalue weighted by atomic mass is 16.2. The molecule has 1 saturated heterocycles. The summed E-state index contributed by atoms with van der Waals surface area (Å²) in [5.74, 6) is -0.350. The minimum atomic E-state index is -0.330. The van der Waals surface area contributed by atoms with E-state index in [1.807, 2.05) is 46.2 Å². The van der Waals surface area contributed by atoms with E-state index >= 15 is 0 Å². The summed E-state index contributed by atoms with van der Waals surface area (Å²) in [6.07, 6.45) is 6.02. The molecule has 2 aromatic rings. The number of benzene rings is 1. The molecule has 130 valence electrons. The molecule has 0 spiro atoms. The smallest absolute Gasteiger partial charge is 0.246 e. The normalized spacial score (nSPS) is 16.2. The number of nitrogens with two attached hydrogens (primary N) is 1. The lowest BCUT2D eigenvalue weighted by Gasteiger charge is -2.20. The third-order valence-corrected chi connectivity index (χ3v) is 4.35. The van der Waals surface area contributed by atoms with Crippen molar-refractivity contribution in [2.24, 2.45) is 5.73 Å². The van der Waals surface area contributed by atoms with E-state index in [1.54, 1.807) is 12.3 Å². The number of carbonyl (C=O) groups excluding carboxylic acids is 2. The summed E-state index contributed by atoms with van der Waals surface area (Å²) in [5.41, 5.74) is 7.06. The number of pyridine rings is 1. The molecular formula is C19H22N4O2. The van der Waals surface area contributed by atoms with Gasteiger partial charge in [0.15, 0.2) is 0 Å². The maximum Gasteiger partial charge on any atom is 0.246 e.